The first-order chi connectivity index (χ1) is 8.80. The Morgan fingerprint density at radius 1 is 1.47 bits per heavy atom. The van der Waals surface area contributed by atoms with Crippen LogP contribution >= 0.6 is 15.9 Å². The first-order valence-corrected chi connectivity index (χ1v) is 6.15. The molecule has 0 radical (unpaired) electrons. The van der Waals surface area contributed by atoms with Gasteiger partial charge in [0.05, 0.1) is 6.61 Å². The number of pyridine rings is 1. The van der Waals surface area contributed by atoms with E-state index in [4.69, 9.17) is 0 Å². The van der Waals surface area contributed by atoms with E-state index in [9.17, 15) is 22.8 Å². The van der Waals surface area contributed by atoms with E-state index in [0.717, 1.165) is 6.20 Å². The third-order valence-electron chi connectivity index (χ3n) is 1.96. The zero-order valence-electron chi connectivity index (χ0n) is 9.64. The fourth-order valence-electron chi connectivity index (χ4n) is 1.24. The molecule has 0 fully saturated rings. The van der Waals surface area contributed by atoms with E-state index in [-0.39, 0.29) is 17.5 Å². The molecule has 0 aliphatic heterocycles. The van der Waals surface area contributed by atoms with Gasteiger partial charge in [0.1, 0.15) is 0 Å². The Balaban J connectivity index is 3.35. The summed E-state index contributed by atoms with van der Waals surface area (Å²) in [5.74, 6) is -2.16. The fourth-order valence-corrected chi connectivity index (χ4v) is 1.65. The van der Waals surface area contributed by atoms with Gasteiger partial charge in [-0.05, 0) is 6.92 Å². The number of carbonyl (C=O) groups is 1. The molecule has 5 nitrogen and oxygen atoms in total. The van der Waals surface area contributed by atoms with E-state index in [2.05, 4.69) is 30.4 Å². The van der Waals surface area contributed by atoms with E-state index in [1.54, 1.807) is 0 Å². The van der Waals surface area contributed by atoms with Gasteiger partial charge in [0, 0.05) is 17.1 Å². The lowest BCUT2D eigenvalue weighted by atomic mass is 10.2. The van der Waals surface area contributed by atoms with Crippen LogP contribution in [-0.2, 0) is 10.1 Å². The summed E-state index contributed by atoms with van der Waals surface area (Å²) in [6.45, 7) is 1.38. The number of nitrogens with one attached hydrogen (secondary N) is 1. The third kappa shape index (κ3) is 3.98. The molecule has 106 valence electrons. The molecule has 1 aromatic heterocycles. The van der Waals surface area contributed by atoms with Gasteiger partial charge in [0.25, 0.3) is 0 Å². The summed E-state index contributed by atoms with van der Waals surface area (Å²) in [6, 6.07) is 0. The van der Waals surface area contributed by atoms with Crippen LogP contribution in [-0.4, -0.2) is 23.9 Å². The summed E-state index contributed by atoms with van der Waals surface area (Å²) in [7, 11) is 0. The van der Waals surface area contributed by atoms with Crippen LogP contribution in [0.1, 0.15) is 22.8 Å². The lowest BCUT2D eigenvalue weighted by Gasteiger charge is -2.12. The Labute approximate surface area is 113 Å². The van der Waals surface area contributed by atoms with Gasteiger partial charge in [-0.2, -0.15) is 0 Å². The second kappa shape index (κ2) is 6.09. The van der Waals surface area contributed by atoms with Gasteiger partial charge in [-0.25, -0.2) is 4.79 Å². The Kier molecular flexibility index (Phi) is 4.98. The number of rotatable bonds is 4. The van der Waals surface area contributed by atoms with Crippen LogP contribution < -0.4 is 10.2 Å². The molecule has 19 heavy (non-hydrogen) atoms. The number of alkyl halides is 4. The minimum Gasteiger partial charge on any atom is -0.462 e. The molecule has 1 aromatic rings. The van der Waals surface area contributed by atoms with Crippen molar-refractivity contribution in [1.29, 1.82) is 0 Å². The van der Waals surface area contributed by atoms with Crippen molar-refractivity contribution in [1.82, 2.24) is 4.98 Å². The summed E-state index contributed by atoms with van der Waals surface area (Å²) in [4.78, 5) is 25.5. The number of hydrogen-bond acceptors (Lipinski definition) is 4. The first kappa shape index (κ1) is 15.5. The second-order valence-electron chi connectivity index (χ2n) is 3.25. The molecule has 0 saturated carbocycles. The van der Waals surface area contributed by atoms with Crippen molar-refractivity contribution in [2.45, 2.75) is 18.6 Å². The molecule has 0 saturated heterocycles. The summed E-state index contributed by atoms with van der Waals surface area (Å²) in [6.07, 6.45) is -4.00. The lowest BCUT2D eigenvalue weighted by Crippen LogP contribution is -2.26. The molecule has 0 aliphatic rings. The first-order valence-electron chi connectivity index (χ1n) is 5.03. The molecule has 0 amide bonds. The van der Waals surface area contributed by atoms with Gasteiger partial charge in [-0.1, -0.05) is 15.9 Å². The Hall–Kier alpha value is -1.51. The van der Waals surface area contributed by atoms with Crippen molar-refractivity contribution in [3.63, 3.8) is 0 Å². The van der Waals surface area contributed by atoms with Gasteiger partial charge in [-0.15, -0.1) is 13.2 Å². The quantitative estimate of drug-likeness (QED) is 0.673. The van der Waals surface area contributed by atoms with E-state index >= 15 is 0 Å². The average molecular weight is 344 g/mol. The van der Waals surface area contributed by atoms with Crippen LogP contribution in [0.15, 0.2) is 11.0 Å². The van der Waals surface area contributed by atoms with E-state index in [1.807, 2.05) is 0 Å². The number of ether oxygens (including phenoxy) is 2. The predicted octanol–water partition coefficient (Wildman–Crippen LogP) is 2.35. The molecule has 0 atom stereocenters. The van der Waals surface area contributed by atoms with Gasteiger partial charge in [0.2, 0.25) is 11.3 Å². The predicted molar refractivity (Wildman–Crippen MR) is 62.3 cm³/mol. The summed E-state index contributed by atoms with van der Waals surface area (Å²) < 4.78 is 44.7. The van der Waals surface area contributed by atoms with Crippen molar-refractivity contribution in [3.05, 3.63) is 27.5 Å². The molecule has 0 unspecified atom stereocenters. The van der Waals surface area contributed by atoms with Crippen LogP contribution in [0.3, 0.4) is 0 Å². The van der Waals surface area contributed by atoms with E-state index in [1.165, 1.54) is 6.92 Å². The maximum absolute atomic E-state index is 12.2. The number of H-pyrrole nitrogens is 1. The Morgan fingerprint density at radius 2 is 2.11 bits per heavy atom. The number of halogens is 4. The maximum atomic E-state index is 12.2. The Bertz CT molecular complexity index is 526. The van der Waals surface area contributed by atoms with Gasteiger partial charge >= 0.3 is 12.3 Å². The molecule has 0 spiro atoms. The zero-order chi connectivity index (χ0) is 14.6. The third-order valence-corrected chi connectivity index (χ3v) is 2.57. The largest absolute Gasteiger partial charge is 0.574 e. The smallest absolute Gasteiger partial charge is 0.462 e. The second-order valence-corrected chi connectivity index (χ2v) is 3.81. The molecule has 0 aliphatic carbocycles. The highest BCUT2D eigenvalue weighted by molar-refractivity contribution is 9.08. The van der Waals surface area contributed by atoms with Crippen LogP contribution in [0.2, 0.25) is 0 Å². The number of hydrogen-bond donors (Lipinski definition) is 1. The number of esters is 1. The summed E-state index contributed by atoms with van der Waals surface area (Å²) in [5.41, 5.74) is -1.61. The Morgan fingerprint density at radius 3 is 2.58 bits per heavy atom. The van der Waals surface area contributed by atoms with Crippen molar-refractivity contribution < 1.29 is 27.4 Å². The molecular weight excluding hydrogens is 335 g/mol. The number of aromatic amines is 1. The van der Waals surface area contributed by atoms with Crippen molar-refractivity contribution in [2.24, 2.45) is 0 Å². The number of aromatic nitrogens is 1. The van der Waals surface area contributed by atoms with Crippen LogP contribution in [0.5, 0.6) is 5.88 Å². The normalized spacial score (nSPS) is 11.2. The summed E-state index contributed by atoms with van der Waals surface area (Å²) in [5, 5.41) is 0.0705. The number of carbonyl (C=O) groups excluding carboxylic acids is 1. The molecule has 1 rings (SSSR count). The molecule has 0 bridgehead atoms. The van der Waals surface area contributed by atoms with Gasteiger partial charge < -0.3 is 14.5 Å². The molecule has 1 heterocycles. The minimum absolute atomic E-state index is 0.0705. The summed E-state index contributed by atoms with van der Waals surface area (Å²) >= 11 is 2.98. The van der Waals surface area contributed by atoms with Crippen LogP contribution in [0.4, 0.5) is 13.2 Å². The van der Waals surface area contributed by atoms with E-state index < -0.39 is 29.2 Å². The maximum Gasteiger partial charge on any atom is 0.574 e. The minimum atomic E-state index is -5.03. The van der Waals surface area contributed by atoms with Crippen LogP contribution in [0.25, 0.3) is 0 Å². The SMILES string of the molecule is CCOC(=O)c1c(OC(F)(F)F)[nH]cc(CBr)c1=O. The zero-order valence-corrected chi connectivity index (χ0v) is 11.2. The van der Waals surface area contributed by atoms with Crippen LogP contribution in [0, 0.1) is 0 Å². The highest BCUT2D eigenvalue weighted by Gasteiger charge is 2.35. The van der Waals surface area contributed by atoms with Gasteiger partial charge in [-0.3, -0.25) is 4.79 Å². The molecule has 9 heteroatoms. The van der Waals surface area contributed by atoms with Gasteiger partial charge in [0.15, 0.2) is 5.56 Å². The van der Waals surface area contributed by atoms with Crippen molar-refractivity contribution in [2.75, 3.05) is 6.61 Å². The average Bonchev–Trinajstić information content (AvgIpc) is 2.27. The lowest BCUT2D eigenvalue weighted by molar-refractivity contribution is -0.276. The molecule has 0 aromatic carbocycles. The van der Waals surface area contributed by atoms with Crippen molar-refractivity contribution >= 4 is 21.9 Å². The van der Waals surface area contributed by atoms with E-state index in [0.29, 0.717) is 0 Å². The highest BCUT2D eigenvalue weighted by Crippen LogP contribution is 2.23. The highest BCUT2D eigenvalue weighted by atomic mass is 79.9. The molecular formula is C10H9BrF3NO4. The molecule has 1 N–H and O–H groups in total. The van der Waals surface area contributed by atoms with Crippen molar-refractivity contribution in [3.8, 4) is 5.88 Å². The standard InChI is InChI=1S/C10H9BrF3NO4/c1-2-18-9(17)6-7(16)5(3-11)4-15-8(6)19-10(12,13)14/h4H,2-3H2,1H3,(H,15,16). The fraction of sp³-hybridized carbons (Fsp3) is 0.400. The topological polar surface area (TPSA) is 68.4 Å². The monoisotopic (exact) mass is 343 g/mol.